The highest BCUT2D eigenvalue weighted by molar-refractivity contribution is 5.79. The van der Waals surface area contributed by atoms with Crippen LogP contribution in [0.15, 0.2) is 18.2 Å². The monoisotopic (exact) mass is 269 g/mol. The smallest absolute Gasteiger partial charge is 0.308 e. The summed E-state index contributed by atoms with van der Waals surface area (Å²) in [6.45, 7) is 1.54. The lowest BCUT2D eigenvalue weighted by Gasteiger charge is -2.09. The average Bonchev–Trinajstić information content (AvgIpc) is 2.36. The number of ether oxygens (including phenoxy) is 1. The van der Waals surface area contributed by atoms with E-state index in [-0.39, 0.29) is 24.6 Å². The van der Waals surface area contributed by atoms with Crippen LogP contribution >= 0.6 is 0 Å². The molecule has 0 aliphatic heterocycles. The second kappa shape index (κ2) is 6.72. The Bertz CT molecular complexity index is 476. The Balaban J connectivity index is 2.53. The molecule has 1 atom stereocenters. The predicted octanol–water partition coefficient (Wildman–Crippen LogP) is 1.21. The van der Waals surface area contributed by atoms with Gasteiger partial charge in [-0.1, -0.05) is 13.0 Å². The molecule has 1 rings (SSSR count). The van der Waals surface area contributed by atoms with E-state index in [9.17, 15) is 14.0 Å². The number of halogens is 1. The Labute approximate surface area is 110 Å². The van der Waals surface area contributed by atoms with E-state index in [2.05, 4.69) is 5.32 Å². The van der Waals surface area contributed by atoms with Gasteiger partial charge in [-0.2, -0.15) is 0 Å². The maximum Gasteiger partial charge on any atom is 0.308 e. The molecule has 6 heteroatoms. The van der Waals surface area contributed by atoms with E-state index < -0.39 is 17.7 Å². The van der Waals surface area contributed by atoms with E-state index in [4.69, 9.17) is 9.84 Å². The zero-order chi connectivity index (χ0) is 14.4. The van der Waals surface area contributed by atoms with Gasteiger partial charge in [0.2, 0.25) is 5.91 Å². The molecule has 0 heterocycles. The summed E-state index contributed by atoms with van der Waals surface area (Å²) >= 11 is 0. The van der Waals surface area contributed by atoms with Crippen LogP contribution in [0.25, 0.3) is 0 Å². The van der Waals surface area contributed by atoms with Crippen LogP contribution in [0, 0.1) is 11.7 Å². The van der Waals surface area contributed by atoms with Gasteiger partial charge in [-0.05, 0) is 17.7 Å². The van der Waals surface area contributed by atoms with Crippen molar-refractivity contribution >= 4 is 11.9 Å². The molecule has 5 nitrogen and oxygen atoms in total. The lowest BCUT2D eigenvalue weighted by atomic mass is 10.1. The standard InChI is InChI=1S/C13H16FNO4/c1-8(13(17)18)7-15-12(16)6-9-3-4-11(19-2)10(14)5-9/h3-5,8H,6-7H2,1-2H3,(H,15,16)(H,17,18). The normalized spacial score (nSPS) is 11.7. The Morgan fingerprint density at radius 1 is 1.47 bits per heavy atom. The summed E-state index contributed by atoms with van der Waals surface area (Å²) in [5.74, 6) is -2.40. The first-order valence-electron chi connectivity index (χ1n) is 5.76. The van der Waals surface area contributed by atoms with Crippen molar-refractivity contribution < 1.29 is 23.8 Å². The molecule has 104 valence electrons. The van der Waals surface area contributed by atoms with Crippen molar-refractivity contribution in [2.45, 2.75) is 13.3 Å². The van der Waals surface area contributed by atoms with Crippen LogP contribution in [0.5, 0.6) is 5.75 Å². The molecule has 0 saturated carbocycles. The fourth-order valence-corrected chi connectivity index (χ4v) is 1.42. The molecular weight excluding hydrogens is 253 g/mol. The molecule has 0 aliphatic rings. The fraction of sp³-hybridized carbons (Fsp3) is 0.385. The number of carbonyl (C=O) groups excluding carboxylic acids is 1. The second-order valence-corrected chi connectivity index (χ2v) is 4.19. The van der Waals surface area contributed by atoms with Gasteiger partial charge >= 0.3 is 5.97 Å². The van der Waals surface area contributed by atoms with Crippen molar-refractivity contribution in [2.24, 2.45) is 5.92 Å². The third-order valence-electron chi connectivity index (χ3n) is 2.61. The maximum absolute atomic E-state index is 13.4. The van der Waals surface area contributed by atoms with Crippen LogP contribution in [0.1, 0.15) is 12.5 Å². The molecular formula is C13H16FNO4. The molecule has 2 N–H and O–H groups in total. The molecule has 0 fully saturated rings. The van der Waals surface area contributed by atoms with Gasteiger partial charge in [0.05, 0.1) is 19.4 Å². The molecule has 1 aromatic rings. The minimum Gasteiger partial charge on any atom is -0.494 e. The van der Waals surface area contributed by atoms with E-state index in [1.54, 1.807) is 6.07 Å². The van der Waals surface area contributed by atoms with Crippen LogP contribution in [0.3, 0.4) is 0 Å². The summed E-state index contributed by atoms with van der Waals surface area (Å²) < 4.78 is 18.2. The van der Waals surface area contributed by atoms with Gasteiger partial charge in [-0.25, -0.2) is 4.39 Å². The van der Waals surface area contributed by atoms with Crippen LogP contribution in [-0.2, 0) is 16.0 Å². The van der Waals surface area contributed by atoms with Gasteiger partial charge in [0, 0.05) is 6.54 Å². The Hall–Kier alpha value is -2.11. The first-order chi connectivity index (χ1) is 8.93. The van der Waals surface area contributed by atoms with E-state index >= 15 is 0 Å². The number of benzene rings is 1. The highest BCUT2D eigenvalue weighted by atomic mass is 19.1. The average molecular weight is 269 g/mol. The van der Waals surface area contributed by atoms with Crippen LogP contribution in [0.2, 0.25) is 0 Å². The molecule has 0 bridgehead atoms. The fourth-order valence-electron chi connectivity index (χ4n) is 1.42. The first-order valence-corrected chi connectivity index (χ1v) is 5.76. The molecule has 1 aromatic carbocycles. The molecule has 19 heavy (non-hydrogen) atoms. The SMILES string of the molecule is COc1ccc(CC(=O)NCC(C)C(=O)O)cc1F. The van der Waals surface area contributed by atoms with E-state index in [1.165, 1.54) is 26.2 Å². The van der Waals surface area contributed by atoms with Crippen LogP contribution in [-0.4, -0.2) is 30.6 Å². The molecule has 0 spiro atoms. The highest BCUT2D eigenvalue weighted by Crippen LogP contribution is 2.17. The van der Waals surface area contributed by atoms with Gasteiger partial charge in [-0.3, -0.25) is 9.59 Å². The van der Waals surface area contributed by atoms with Gasteiger partial charge in [-0.15, -0.1) is 0 Å². The molecule has 0 aromatic heterocycles. The number of carbonyl (C=O) groups is 2. The van der Waals surface area contributed by atoms with E-state index in [0.717, 1.165) is 0 Å². The largest absolute Gasteiger partial charge is 0.494 e. The topological polar surface area (TPSA) is 75.6 Å². The van der Waals surface area contributed by atoms with Crippen molar-refractivity contribution in [3.8, 4) is 5.75 Å². The quantitative estimate of drug-likeness (QED) is 0.814. The summed E-state index contributed by atoms with van der Waals surface area (Å²) in [5.41, 5.74) is 0.499. The minimum atomic E-state index is -0.976. The third kappa shape index (κ3) is 4.57. The van der Waals surface area contributed by atoms with Gasteiger partial charge in [0.1, 0.15) is 0 Å². The van der Waals surface area contributed by atoms with E-state index in [1.807, 2.05) is 0 Å². The number of nitrogens with one attached hydrogen (secondary N) is 1. The van der Waals surface area contributed by atoms with Crippen LogP contribution in [0.4, 0.5) is 4.39 Å². The van der Waals surface area contributed by atoms with Gasteiger partial charge < -0.3 is 15.2 Å². The molecule has 0 saturated heterocycles. The number of carboxylic acid groups (broad SMARTS) is 1. The summed E-state index contributed by atoms with van der Waals surface area (Å²) in [7, 11) is 1.36. The molecule has 0 radical (unpaired) electrons. The van der Waals surface area contributed by atoms with Crippen LogP contribution < -0.4 is 10.1 Å². The number of hydrogen-bond donors (Lipinski definition) is 2. The first kappa shape index (κ1) is 14.9. The zero-order valence-electron chi connectivity index (χ0n) is 10.8. The number of hydrogen-bond acceptors (Lipinski definition) is 3. The van der Waals surface area contributed by atoms with Crippen molar-refractivity contribution in [2.75, 3.05) is 13.7 Å². The number of rotatable bonds is 6. The van der Waals surface area contributed by atoms with Crippen molar-refractivity contribution in [3.05, 3.63) is 29.6 Å². The van der Waals surface area contributed by atoms with Gasteiger partial charge in [0.15, 0.2) is 11.6 Å². The molecule has 0 aliphatic carbocycles. The molecule has 1 amide bonds. The van der Waals surface area contributed by atoms with Crippen molar-refractivity contribution in [3.63, 3.8) is 0 Å². The Morgan fingerprint density at radius 2 is 2.16 bits per heavy atom. The van der Waals surface area contributed by atoms with Crippen molar-refractivity contribution in [1.82, 2.24) is 5.32 Å². The number of amides is 1. The number of aliphatic carboxylic acids is 1. The summed E-state index contributed by atoms with van der Waals surface area (Å²) in [5, 5.41) is 11.2. The predicted molar refractivity (Wildman–Crippen MR) is 66.5 cm³/mol. The Kier molecular flexibility index (Phi) is 5.29. The highest BCUT2D eigenvalue weighted by Gasteiger charge is 2.13. The molecule has 1 unspecified atom stereocenters. The maximum atomic E-state index is 13.4. The summed E-state index contributed by atoms with van der Waals surface area (Å²) in [6, 6.07) is 4.25. The van der Waals surface area contributed by atoms with Gasteiger partial charge in [0.25, 0.3) is 0 Å². The Morgan fingerprint density at radius 3 is 2.68 bits per heavy atom. The zero-order valence-corrected chi connectivity index (χ0v) is 10.8. The van der Waals surface area contributed by atoms with E-state index in [0.29, 0.717) is 5.56 Å². The summed E-state index contributed by atoms with van der Waals surface area (Å²) in [6.07, 6.45) is -0.00669. The number of carboxylic acids is 1. The third-order valence-corrected chi connectivity index (χ3v) is 2.61. The lowest BCUT2D eigenvalue weighted by Crippen LogP contribution is -2.32. The minimum absolute atomic E-state index is 0.00669. The lowest BCUT2D eigenvalue weighted by molar-refractivity contribution is -0.141. The number of methoxy groups -OCH3 is 1. The second-order valence-electron chi connectivity index (χ2n) is 4.19. The van der Waals surface area contributed by atoms with Crippen molar-refractivity contribution in [1.29, 1.82) is 0 Å². The summed E-state index contributed by atoms with van der Waals surface area (Å²) in [4.78, 5) is 22.1.